The zero-order valence-electron chi connectivity index (χ0n) is 10.6. The number of alkyl halides is 3. The molecule has 1 aromatic rings. The van der Waals surface area contributed by atoms with Crippen molar-refractivity contribution >= 4 is 11.3 Å². The van der Waals surface area contributed by atoms with Crippen LogP contribution in [0.2, 0.25) is 0 Å². The minimum absolute atomic E-state index is 0.207. The Morgan fingerprint density at radius 3 is 2.33 bits per heavy atom. The smallest absolute Gasteiger partial charge is 0.324 e. The van der Waals surface area contributed by atoms with Crippen molar-refractivity contribution in [2.45, 2.75) is 26.9 Å². The minimum Gasteiger partial charge on any atom is -0.324 e. The predicted octanol–water partition coefficient (Wildman–Crippen LogP) is 4.05. The molecule has 3 N–H and O–H groups in total. The Bertz CT molecular complexity index is 448. The van der Waals surface area contributed by atoms with Gasteiger partial charge in [0.1, 0.15) is 0 Å². The predicted molar refractivity (Wildman–Crippen MR) is 67.7 cm³/mol. The lowest BCUT2D eigenvalue weighted by Gasteiger charge is -2.17. The number of benzene rings is 1. The number of nitrogen functional groups attached to an aromatic ring is 1. The Balaban J connectivity index is 3.32. The van der Waals surface area contributed by atoms with Gasteiger partial charge in [-0.1, -0.05) is 26.0 Å². The fourth-order valence-electron chi connectivity index (χ4n) is 1.89. The molecule has 0 aliphatic rings. The molecule has 0 saturated heterocycles. The van der Waals surface area contributed by atoms with E-state index in [0.717, 1.165) is 17.7 Å². The van der Waals surface area contributed by atoms with Gasteiger partial charge in [0.2, 0.25) is 0 Å². The van der Waals surface area contributed by atoms with E-state index in [-0.39, 0.29) is 11.6 Å². The lowest BCUT2D eigenvalue weighted by molar-refractivity contribution is -0.137. The van der Waals surface area contributed by atoms with E-state index in [2.05, 4.69) is 5.43 Å². The first-order valence-electron chi connectivity index (χ1n) is 5.65. The van der Waals surface area contributed by atoms with Crippen LogP contribution in [0.25, 0.3) is 5.57 Å². The quantitative estimate of drug-likeness (QED) is 0.634. The molecule has 0 heterocycles. The molecule has 0 aliphatic heterocycles. The summed E-state index contributed by atoms with van der Waals surface area (Å²) in [4.78, 5) is 0. The van der Waals surface area contributed by atoms with Crippen LogP contribution >= 0.6 is 0 Å². The molecule has 0 saturated carbocycles. The maximum atomic E-state index is 12.6. The summed E-state index contributed by atoms with van der Waals surface area (Å²) in [6.07, 6.45) is -2.48. The van der Waals surface area contributed by atoms with E-state index in [4.69, 9.17) is 5.84 Å². The molecule has 0 atom stereocenters. The number of hydrogen-bond donors (Lipinski definition) is 2. The molecule has 0 amide bonds. The van der Waals surface area contributed by atoms with Crippen LogP contribution in [0, 0.1) is 5.92 Å². The average molecular weight is 258 g/mol. The first-order valence-corrected chi connectivity index (χ1v) is 5.65. The van der Waals surface area contributed by atoms with Crippen molar-refractivity contribution in [1.82, 2.24) is 0 Å². The summed E-state index contributed by atoms with van der Waals surface area (Å²) in [5, 5.41) is 0. The number of nitrogens with two attached hydrogens (primary N) is 1. The van der Waals surface area contributed by atoms with E-state index >= 15 is 0 Å². The van der Waals surface area contributed by atoms with Gasteiger partial charge in [0.05, 0.1) is 11.3 Å². The molecule has 0 spiro atoms. The van der Waals surface area contributed by atoms with Gasteiger partial charge < -0.3 is 5.43 Å². The fourth-order valence-corrected chi connectivity index (χ4v) is 1.89. The van der Waals surface area contributed by atoms with E-state index < -0.39 is 11.7 Å². The number of anilines is 1. The molecule has 1 aromatic carbocycles. The van der Waals surface area contributed by atoms with Gasteiger partial charge in [0.25, 0.3) is 0 Å². The van der Waals surface area contributed by atoms with Crippen LogP contribution in [0.3, 0.4) is 0 Å². The number of halogens is 3. The van der Waals surface area contributed by atoms with Crippen molar-refractivity contribution in [3.63, 3.8) is 0 Å². The summed E-state index contributed by atoms with van der Waals surface area (Å²) in [5.74, 6) is 5.52. The van der Waals surface area contributed by atoms with Crippen molar-refractivity contribution in [2.75, 3.05) is 5.43 Å². The van der Waals surface area contributed by atoms with E-state index in [9.17, 15) is 13.2 Å². The second-order valence-electron chi connectivity index (χ2n) is 4.30. The lowest BCUT2D eigenvalue weighted by atomic mass is 9.93. The first kappa shape index (κ1) is 14.6. The third kappa shape index (κ3) is 3.04. The van der Waals surface area contributed by atoms with Crippen LogP contribution in [0.4, 0.5) is 18.9 Å². The summed E-state index contributed by atoms with van der Waals surface area (Å²) in [6, 6.07) is 3.55. The van der Waals surface area contributed by atoms with Crippen molar-refractivity contribution < 1.29 is 13.2 Å². The number of hydrazine groups is 1. The highest BCUT2D eigenvalue weighted by atomic mass is 19.4. The number of rotatable bonds is 3. The Labute approximate surface area is 105 Å². The maximum absolute atomic E-state index is 12.6. The molecule has 0 fully saturated rings. The number of allylic oxidation sites excluding steroid dienone is 2. The molecule has 0 unspecified atom stereocenters. The zero-order chi connectivity index (χ0) is 13.9. The Morgan fingerprint density at radius 1 is 1.33 bits per heavy atom. The molecule has 2 nitrogen and oxygen atoms in total. The van der Waals surface area contributed by atoms with Gasteiger partial charge in [-0.2, -0.15) is 13.2 Å². The van der Waals surface area contributed by atoms with E-state index in [1.807, 2.05) is 26.8 Å². The molecule has 0 bridgehead atoms. The highest BCUT2D eigenvalue weighted by molar-refractivity contribution is 5.77. The van der Waals surface area contributed by atoms with Crippen molar-refractivity contribution in [3.05, 3.63) is 35.4 Å². The molecule has 1 rings (SSSR count). The fraction of sp³-hybridized carbons (Fsp3) is 0.385. The third-order valence-corrected chi connectivity index (χ3v) is 2.75. The largest absolute Gasteiger partial charge is 0.416 e. The summed E-state index contributed by atoms with van der Waals surface area (Å²) in [7, 11) is 0. The molecule has 0 aliphatic carbocycles. The standard InChI is InChI=1S/C13H17F3N2/c1-4-10(8(2)3)11-6-5-9(13(14,15)16)7-12(11)18-17/h4-8,18H,17H2,1-3H3/b10-4-. The highest BCUT2D eigenvalue weighted by Crippen LogP contribution is 2.35. The molecule has 18 heavy (non-hydrogen) atoms. The summed E-state index contributed by atoms with van der Waals surface area (Å²) < 4.78 is 37.8. The van der Waals surface area contributed by atoms with Crippen LogP contribution < -0.4 is 11.3 Å². The number of hydrogen-bond acceptors (Lipinski definition) is 2. The Hall–Kier alpha value is -1.49. The average Bonchev–Trinajstić information content (AvgIpc) is 2.28. The topological polar surface area (TPSA) is 38.0 Å². The summed E-state index contributed by atoms with van der Waals surface area (Å²) in [6.45, 7) is 5.81. The summed E-state index contributed by atoms with van der Waals surface area (Å²) in [5.41, 5.74) is 3.56. The Kier molecular flexibility index (Phi) is 4.40. The van der Waals surface area contributed by atoms with Gasteiger partial charge in [0, 0.05) is 5.56 Å². The highest BCUT2D eigenvalue weighted by Gasteiger charge is 2.31. The van der Waals surface area contributed by atoms with Crippen LogP contribution in [0.1, 0.15) is 31.9 Å². The van der Waals surface area contributed by atoms with Gasteiger partial charge in [0.15, 0.2) is 0 Å². The van der Waals surface area contributed by atoms with Gasteiger partial charge >= 0.3 is 6.18 Å². The van der Waals surface area contributed by atoms with E-state index in [1.54, 1.807) is 0 Å². The SMILES string of the molecule is C/C=C(\c1ccc(C(F)(F)F)cc1NN)C(C)C. The molecule has 100 valence electrons. The van der Waals surface area contributed by atoms with Crippen LogP contribution in [-0.4, -0.2) is 0 Å². The van der Waals surface area contributed by atoms with Crippen LogP contribution in [0.5, 0.6) is 0 Å². The first-order chi connectivity index (χ1) is 8.31. The van der Waals surface area contributed by atoms with Gasteiger partial charge in [-0.15, -0.1) is 0 Å². The van der Waals surface area contributed by atoms with Crippen molar-refractivity contribution in [1.29, 1.82) is 0 Å². The molecular weight excluding hydrogens is 241 g/mol. The Morgan fingerprint density at radius 2 is 1.94 bits per heavy atom. The second-order valence-corrected chi connectivity index (χ2v) is 4.30. The number of nitrogens with one attached hydrogen (secondary N) is 1. The van der Waals surface area contributed by atoms with E-state index in [1.165, 1.54) is 6.07 Å². The second kappa shape index (κ2) is 5.44. The van der Waals surface area contributed by atoms with Gasteiger partial charge in [-0.05, 0) is 30.5 Å². The molecule has 5 heteroatoms. The van der Waals surface area contributed by atoms with Crippen molar-refractivity contribution in [2.24, 2.45) is 11.8 Å². The molecule has 0 radical (unpaired) electrons. The summed E-state index contributed by atoms with van der Waals surface area (Å²) >= 11 is 0. The third-order valence-electron chi connectivity index (χ3n) is 2.75. The maximum Gasteiger partial charge on any atom is 0.416 e. The van der Waals surface area contributed by atoms with Crippen LogP contribution in [0.15, 0.2) is 24.3 Å². The minimum atomic E-state index is -4.36. The van der Waals surface area contributed by atoms with Gasteiger partial charge in [-0.3, -0.25) is 5.84 Å². The normalized spacial score (nSPS) is 13.0. The molecular formula is C13H17F3N2. The van der Waals surface area contributed by atoms with Crippen molar-refractivity contribution in [3.8, 4) is 0 Å². The van der Waals surface area contributed by atoms with Crippen LogP contribution in [-0.2, 0) is 6.18 Å². The van der Waals surface area contributed by atoms with E-state index in [0.29, 0.717) is 5.56 Å². The molecule has 0 aromatic heterocycles. The zero-order valence-corrected chi connectivity index (χ0v) is 10.6. The monoisotopic (exact) mass is 258 g/mol. The van der Waals surface area contributed by atoms with Gasteiger partial charge in [-0.25, -0.2) is 0 Å². The lowest BCUT2D eigenvalue weighted by Crippen LogP contribution is -2.13.